The fourth-order valence-corrected chi connectivity index (χ4v) is 4.34. The summed E-state index contributed by atoms with van der Waals surface area (Å²) in [6.07, 6.45) is 1.49. The summed E-state index contributed by atoms with van der Waals surface area (Å²) in [5.74, 6) is 0.473. The van der Waals surface area contributed by atoms with Crippen LogP contribution in [0.2, 0.25) is 0 Å². The number of carbonyl (C=O) groups is 2. The third-order valence-corrected chi connectivity index (χ3v) is 5.99. The minimum Gasteiger partial charge on any atom is -0.507 e. The number of ether oxygens (including phenoxy) is 4. The van der Waals surface area contributed by atoms with Crippen LogP contribution >= 0.6 is 0 Å². The normalized spacial score (nSPS) is 18.6. The van der Waals surface area contributed by atoms with E-state index < -0.39 is 17.7 Å². The van der Waals surface area contributed by atoms with E-state index in [-0.39, 0.29) is 17.9 Å². The summed E-state index contributed by atoms with van der Waals surface area (Å²) in [5.41, 5.74) is 0.721. The SMILES string of the molecule is COc1ccc(OC)c(C2C(=C(O)c3ccc4c(c3)OCCO4)C(=O)C(=O)N2Cc2ccco2)c1. The summed E-state index contributed by atoms with van der Waals surface area (Å²) >= 11 is 0. The standard InChI is InChI=1S/C26H23NO8/c1-31-16-6-8-19(32-2)18(13-16)23-22(25(29)26(30)27(23)14-17-4-3-9-33-17)24(28)15-5-7-20-21(12-15)35-11-10-34-20/h3-9,12-13,23,28H,10-11,14H2,1-2H3. The predicted molar refractivity (Wildman–Crippen MR) is 124 cm³/mol. The summed E-state index contributed by atoms with van der Waals surface area (Å²) in [4.78, 5) is 27.9. The predicted octanol–water partition coefficient (Wildman–Crippen LogP) is 3.69. The molecule has 9 heteroatoms. The molecule has 2 aliphatic heterocycles. The number of likely N-dealkylation sites (tertiary alicyclic amines) is 1. The first-order chi connectivity index (χ1) is 17.0. The molecule has 1 atom stereocenters. The van der Waals surface area contributed by atoms with Gasteiger partial charge in [-0.3, -0.25) is 9.59 Å². The summed E-state index contributed by atoms with van der Waals surface area (Å²) in [5, 5.41) is 11.4. The lowest BCUT2D eigenvalue weighted by atomic mass is 9.94. The molecular weight excluding hydrogens is 454 g/mol. The van der Waals surface area contributed by atoms with Gasteiger partial charge < -0.3 is 33.4 Å². The molecule has 0 saturated carbocycles. The van der Waals surface area contributed by atoms with E-state index in [0.29, 0.717) is 53.1 Å². The number of aliphatic hydroxyl groups is 1. The molecule has 180 valence electrons. The van der Waals surface area contributed by atoms with Crippen molar-refractivity contribution in [2.24, 2.45) is 0 Å². The minimum atomic E-state index is -0.960. The highest BCUT2D eigenvalue weighted by Gasteiger charge is 2.47. The van der Waals surface area contributed by atoms with Gasteiger partial charge in [-0.15, -0.1) is 0 Å². The maximum atomic E-state index is 13.3. The second-order valence-electron chi connectivity index (χ2n) is 7.97. The Morgan fingerprint density at radius 2 is 1.83 bits per heavy atom. The number of furan rings is 1. The molecule has 1 N–H and O–H groups in total. The lowest BCUT2D eigenvalue weighted by Gasteiger charge is -2.26. The third kappa shape index (κ3) is 3.95. The quantitative estimate of drug-likeness (QED) is 0.325. The van der Waals surface area contributed by atoms with Crippen molar-refractivity contribution in [3.05, 3.63) is 77.3 Å². The minimum absolute atomic E-state index is 0.0144. The highest BCUT2D eigenvalue weighted by molar-refractivity contribution is 6.46. The number of aliphatic hydroxyl groups excluding tert-OH is 1. The lowest BCUT2D eigenvalue weighted by molar-refractivity contribution is -0.140. The van der Waals surface area contributed by atoms with Crippen molar-refractivity contribution in [1.82, 2.24) is 4.90 Å². The van der Waals surface area contributed by atoms with E-state index in [1.54, 1.807) is 48.5 Å². The van der Waals surface area contributed by atoms with Gasteiger partial charge >= 0.3 is 0 Å². The zero-order chi connectivity index (χ0) is 24.5. The van der Waals surface area contributed by atoms with Gasteiger partial charge in [-0.1, -0.05) is 0 Å². The lowest BCUT2D eigenvalue weighted by Crippen LogP contribution is -2.29. The molecule has 5 rings (SSSR count). The molecule has 2 aromatic carbocycles. The molecule has 0 bridgehead atoms. The number of ketones is 1. The van der Waals surface area contributed by atoms with Crippen molar-refractivity contribution in [3.8, 4) is 23.0 Å². The molecule has 9 nitrogen and oxygen atoms in total. The molecule has 2 aliphatic rings. The van der Waals surface area contributed by atoms with Crippen LogP contribution in [-0.4, -0.2) is 49.1 Å². The number of hydrogen-bond donors (Lipinski definition) is 1. The number of Topliss-reactive ketones (excluding diaryl/α,β-unsaturated/α-hetero) is 1. The van der Waals surface area contributed by atoms with Crippen LogP contribution in [0.1, 0.15) is 22.9 Å². The molecule has 0 aliphatic carbocycles. The molecule has 1 aromatic heterocycles. The summed E-state index contributed by atoms with van der Waals surface area (Å²) < 4.78 is 27.5. The zero-order valence-corrected chi connectivity index (χ0v) is 19.1. The smallest absolute Gasteiger partial charge is 0.296 e. The highest BCUT2D eigenvalue weighted by atomic mass is 16.6. The Hall–Kier alpha value is -4.40. The molecular formula is C26H23NO8. The van der Waals surface area contributed by atoms with Crippen LogP contribution in [0.15, 0.2) is 64.8 Å². The van der Waals surface area contributed by atoms with Crippen molar-refractivity contribution in [3.63, 3.8) is 0 Å². The van der Waals surface area contributed by atoms with E-state index in [0.717, 1.165) is 0 Å². The fraction of sp³-hybridized carbons (Fsp3) is 0.231. The summed E-state index contributed by atoms with van der Waals surface area (Å²) in [7, 11) is 3.01. The number of methoxy groups -OCH3 is 2. The van der Waals surface area contributed by atoms with Gasteiger partial charge in [-0.25, -0.2) is 0 Å². The molecule has 1 amide bonds. The first kappa shape index (κ1) is 22.4. The number of amides is 1. The summed E-state index contributed by atoms with van der Waals surface area (Å²) in [6, 6.07) is 12.4. The van der Waals surface area contributed by atoms with Crippen molar-refractivity contribution < 1.29 is 38.1 Å². The van der Waals surface area contributed by atoms with Gasteiger partial charge in [0.15, 0.2) is 11.5 Å². The zero-order valence-electron chi connectivity index (χ0n) is 19.1. The number of carbonyl (C=O) groups excluding carboxylic acids is 2. The van der Waals surface area contributed by atoms with Crippen LogP contribution in [-0.2, 0) is 16.1 Å². The van der Waals surface area contributed by atoms with Crippen molar-refractivity contribution in [2.45, 2.75) is 12.6 Å². The Morgan fingerprint density at radius 1 is 1.03 bits per heavy atom. The Balaban J connectivity index is 1.69. The first-order valence-corrected chi connectivity index (χ1v) is 10.9. The molecule has 0 radical (unpaired) electrons. The van der Waals surface area contributed by atoms with Gasteiger partial charge in [0.05, 0.1) is 38.6 Å². The monoisotopic (exact) mass is 477 g/mol. The number of hydrogen-bond acceptors (Lipinski definition) is 8. The van der Waals surface area contributed by atoms with E-state index in [1.807, 2.05) is 0 Å². The van der Waals surface area contributed by atoms with Crippen LogP contribution < -0.4 is 18.9 Å². The molecule has 0 spiro atoms. The van der Waals surface area contributed by atoms with Crippen molar-refractivity contribution in [2.75, 3.05) is 27.4 Å². The van der Waals surface area contributed by atoms with Gasteiger partial charge in [0.1, 0.15) is 36.2 Å². The average Bonchev–Trinajstić information content (AvgIpc) is 3.50. The van der Waals surface area contributed by atoms with Gasteiger partial charge in [0, 0.05) is 11.1 Å². The second-order valence-corrected chi connectivity index (χ2v) is 7.97. The van der Waals surface area contributed by atoms with E-state index in [4.69, 9.17) is 23.4 Å². The van der Waals surface area contributed by atoms with E-state index in [1.165, 1.54) is 25.4 Å². The second kappa shape index (κ2) is 9.09. The topological polar surface area (TPSA) is 108 Å². The van der Waals surface area contributed by atoms with Crippen LogP contribution in [0.25, 0.3) is 5.76 Å². The van der Waals surface area contributed by atoms with Gasteiger partial charge in [0.25, 0.3) is 11.7 Å². The molecule has 3 aromatic rings. The van der Waals surface area contributed by atoms with Crippen molar-refractivity contribution in [1.29, 1.82) is 0 Å². The number of fused-ring (bicyclic) bond motifs is 1. The Kier molecular flexibility index (Phi) is 5.82. The fourth-order valence-electron chi connectivity index (χ4n) is 4.34. The van der Waals surface area contributed by atoms with Crippen LogP contribution in [0, 0.1) is 0 Å². The number of nitrogens with zero attached hydrogens (tertiary/aromatic N) is 1. The van der Waals surface area contributed by atoms with E-state index >= 15 is 0 Å². The molecule has 3 heterocycles. The summed E-state index contributed by atoms with van der Waals surface area (Å²) in [6.45, 7) is 0.804. The van der Waals surface area contributed by atoms with Crippen molar-refractivity contribution >= 4 is 17.4 Å². The van der Waals surface area contributed by atoms with Gasteiger partial charge in [0.2, 0.25) is 0 Å². The number of rotatable bonds is 6. The van der Waals surface area contributed by atoms with Crippen LogP contribution in [0.4, 0.5) is 0 Å². The Labute approximate surface area is 201 Å². The maximum absolute atomic E-state index is 13.3. The number of benzene rings is 2. The maximum Gasteiger partial charge on any atom is 0.296 e. The molecule has 1 fully saturated rings. The van der Waals surface area contributed by atoms with Gasteiger partial charge in [-0.2, -0.15) is 0 Å². The average molecular weight is 477 g/mol. The Bertz CT molecular complexity index is 1310. The van der Waals surface area contributed by atoms with Gasteiger partial charge in [-0.05, 0) is 48.5 Å². The first-order valence-electron chi connectivity index (χ1n) is 10.9. The van der Waals surface area contributed by atoms with Crippen LogP contribution in [0.3, 0.4) is 0 Å². The molecule has 35 heavy (non-hydrogen) atoms. The van der Waals surface area contributed by atoms with Crippen LogP contribution in [0.5, 0.6) is 23.0 Å². The van der Waals surface area contributed by atoms with E-state index in [9.17, 15) is 14.7 Å². The molecule has 1 unspecified atom stereocenters. The van der Waals surface area contributed by atoms with E-state index in [2.05, 4.69) is 0 Å². The highest BCUT2D eigenvalue weighted by Crippen LogP contribution is 2.45. The Morgan fingerprint density at radius 3 is 2.54 bits per heavy atom. The third-order valence-electron chi connectivity index (χ3n) is 5.99. The molecule has 1 saturated heterocycles. The largest absolute Gasteiger partial charge is 0.507 e.